The average Bonchev–Trinajstić information content (AvgIpc) is 2.18. The number of amides is 1. The van der Waals surface area contributed by atoms with Gasteiger partial charge in [0.1, 0.15) is 0 Å². The summed E-state index contributed by atoms with van der Waals surface area (Å²) in [7, 11) is 0. The van der Waals surface area contributed by atoms with Crippen molar-refractivity contribution in [1.82, 2.24) is 4.90 Å². The second kappa shape index (κ2) is 5.98. The zero-order valence-electron chi connectivity index (χ0n) is 8.99. The van der Waals surface area contributed by atoms with Gasteiger partial charge in [0, 0.05) is 26.2 Å². The van der Waals surface area contributed by atoms with Crippen LogP contribution in [-0.4, -0.2) is 37.0 Å². The van der Waals surface area contributed by atoms with E-state index in [1.807, 2.05) is 13.8 Å². The molecule has 0 aliphatic carbocycles. The van der Waals surface area contributed by atoms with Crippen LogP contribution in [0.3, 0.4) is 0 Å². The lowest BCUT2D eigenvalue weighted by Gasteiger charge is -2.33. The first kappa shape index (κ1) is 11.5. The van der Waals surface area contributed by atoms with E-state index in [2.05, 4.69) is 0 Å². The van der Waals surface area contributed by atoms with Crippen LogP contribution in [-0.2, 0) is 14.3 Å². The summed E-state index contributed by atoms with van der Waals surface area (Å²) in [6.07, 6.45) is 2.18. The van der Waals surface area contributed by atoms with Gasteiger partial charge in [0.2, 0.25) is 12.3 Å². The highest BCUT2D eigenvalue weighted by molar-refractivity contribution is 5.76. The minimum Gasteiger partial charge on any atom is -0.335 e. The molecule has 4 nitrogen and oxygen atoms in total. The third-order valence-corrected chi connectivity index (χ3v) is 2.23. The molecule has 0 aromatic heterocycles. The fraction of sp³-hybridized carbons (Fsp3) is 0.900. The predicted octanol–water partition coefficient (Wildman–Crippen LogP) is 1.36. The van der Waals surface area contributed by atoms with Crippen LogP contribution >= 0.6 is 0 Å². The summed E-state index contributed by atoms with van der Waals surface area (Å²) in [5.41, 5.74) is 0. The van der Waals surface area contributed by atoms with Crippen LogP contribution in [0.15, 0.2) is 0 Å². The zero-order valence-corrected chi connectivity index (χ0v) is 8.99. The largest absolute Gasteiger partial charge is 0.335 e. The predicted molar refractivity (Wildman–Crippen MR) is 52.6 cm³/mol. The Labute approximate surface area is 85.2 Å². The van der Waals surface area contributed by atoms with Gasteiger partial charge >= 0.3 is 0 Å². The Morgan fingerprint density at radius 2 is 1.93 bits per heavy atom. The van der Waals surface area contributed by atoms with Gasteiger partial charge < -0.3 is 9.47 Å². The quantitative estimate of drug-likeness (QED) is 0.630. The fourth-order valence-electron chi connectivity index (χ4n) is 1.56. The van der Waals surface area contributed by atoms with Gasteiger partial charge in [-0.1, -0.05) is 0 Å². The first-order chi connectivity index (χ1) is 6.79. The molecule has 0 radical (unpaired) electrons. The van der Waals surface area contributed by atoms with Crippen LogP contribution in [0.5, 0.6) is 0 Å². The standard InChI is InChI=1S/C10H19NO3/c1-3-13-10(14-4-2)11-8-6-5-7-9(11)12/h10H,3-8H2,1-2H3. The Kier molecular flexibility index (Phi) is 4.90. The smallest absolute Gasteiger partial charge is 0.242 e. The Bertz CT molecular complexity index is 178. The van der Waals surface area contributed by atoms with Crippen LogP contribution in [0.4, 0.5) is 0 Å². The maximum Gasteiger partial charge on any atom is 0.242 e. The maximum absolute atomic E-state index is 11.6. The molecular formula is C10H19NO3. The number of likely N-dealkylation sites (tertiary alicyclic amines) is 1. The minimum absolute atomic E-state index is 0.142. The van der Waals surface area contributed by atoms with E-state index in [1.165, 1.54) is 0 Å². The number of nitrogens with zero attached hydrogens (tertiary/aromatic N) is 1. The summed E-state index contributed by atoms with van der Waals surface area (Å²) in [4.78, 5) is 13.2. The lowest BCUT2D eigenvalue weighted by molar-refractivity contribution is -0.222. The van der Waals surface area contributed by atoms with Gasteiger partial charge in [0.05, 0.1) is 0 Å². The van der Waals surface area contributed by atoms with E-state index >= 15 is 0 Å². The van der Waals surface area contributed by atoms with E-state index in [0.717, 1.165) is 19.4 Å². The summed E-state index contributed by atoms with van der Waals surface area (Å²) < 4.78 is 10.8. The van der Waals surface area contributed by atoms with Crippen LogP contribution in [0.2, 0.25) is 0 Å². The number of ether oxygens (including phenoxy) is 2. The third kappa shape index (κ3) is 2.96. The summed E-state index contributed by atoms with van der Waals surface area (Å²) >= 11 is 0. The average molecular weight is 201 g/mol. The molecule has 1 saturated heterocycles. The molecule has 0 bridgehead atoms. The molecule has 4 heteroatoms. The fourth-order valence-corrected chi connectivity index (χ4v) is 1.56. The molecule has 1 amide bonds. The molecule has 0 aromatic rings. The summed E-state index contributed by atoms with van der Waals surface area (Å²) in [6, 6.07) is 0. The van der Waals surface area contributed by atoms with Gasteiger partial charge in [-0.2, -0.15) is 0 Å². The topological polar surface area (TPSA) is 38.8 Å². The van der Waals surface area contributed by atoms with Crippen molar-refractivity contribution in [1.29, 1.82) is 0 Å². The molecule has 1 aliphatic heterocycles. The number of hydrogen-bond acceptors (Lipinski definition) is 3. The van der Waals surface area contributed by atoms with Gasteiger partial charge in [-0.3, -0.25) is 9.69 Å². The second-order valence-electron chi connectivity index (χ2n) is 3.26. The van der Waals surface area contributed by atoms with Crippen molar-refractivity contribution in [2.45, 2.75) is 39.5 Å². The van der Waals surface area contributed by atoms with E-state index in [-0.39, 0.29) is 5.91 Å². The molecule has 0 aromatic carbocycles. The molecule has 1 heterocycles. The molecule has 82 valence electrons. The van der Waals surface area contributed by atoms with Gasteiger partial charge in [-0.05, 0) is 26.7 Å². The molecule has 0 unspecified atom stereocenters. The highest BCUT2D eigenvalue weighted by Crippen LogP contribution is 2.15. The number of piperidine rings is 1. The molecule has 0 spiro atoms. The third-order valence-electron chi connectivity index (χ3n) is 2.23. The summed E-state index contributed by atoms with van der Waals surface area (Å²) in [5.74, 6) is 0.142. The van der Waals surface area contributed by atoms with Crippen LogP contribution in [0.25, 0.3) is 0 Å². The highest BCUT2D eigenvalue weighted by Gasteiger charge is 2.26. The van der Waals surface area contributed by atoms with Crippen LogP contribution in [0, 0.1) is 0 Å². The van der Waals surface area contributed by atoms with Crippen molar-refractivity contribution < 1.29 is 14.3 Å². The number of carbonyl (C=O) groups excluding carboxylic acids is 1. The van der Waals surface area contributed by atoms with Gasteiger partial charge in [0.25, 0.3) is 0 Å². The van der Waals surface area contributed by atoms with Gasteiger partial charge in [-0.15, -0.1) is 0 Å². The minimum atomic E-state index is -0.474. The summed E-state index contributed by atoms with van der Waals surface area (Å²) in [6.45, 7) is 5.69. The molecule has 1 fully saturated rings. The molecule has 0 atom stereocenters. The van der Waals surface area contributed by atoms with E-state index in [1.54, 1.807) is 4.90 Å². The van der Waals surface area contributed by atoms with Crippen molar-refractivity contribution >= 4 is 5.91 Å². The molecule has 1 rings (SSSR count). The monoisotopic (exact) mass is 201 g/mol. The Morgan fingerprint density at radius 3 is 2.43 bits per heavy atom. The Morgan fingerprint density at radius 1 is 1.29 bits per heavy atom. The second-order valence-corrected chi connectivity index (χ2v) is 3.26. The first-order valence-electron chi connectivity index (χ1n) is 5.32. The van der Waals surface area contributed by atoms with Crippen LogP contribution < -0.4 is 0 Å². The zero-order chi connectivity index (χ0) is 10.4. The van der Waals surface area contributed by atoms with Crippen LogP contribution in [0.1, 0.15) is 33.1 Å². The van der Waals surface area contributed by atoms with E-state index in [0.29, 0.717) is 19.6 Å². The number of carbonyl (C=O) groups is 1. The number of hydrogen-bond donors (Lipinski definition) is 0. The SMILES string of the molecule is CCOC(OCC)N1CCCCC1=O. The lowest BCUT2D eigenvalue weighted by atomic mass is 10.1. The maximum atomic E-state index is 11.6. The van der Waals surface area contributed by atoms with Crippen molar-refractivity contribution in [3.05, 3.63) is 0 Å². The number of rotatable bonds is 5. The van der Waals surface area contributed by atoms with E-state index < -0.39 is 6.41 Å². The molecular weight excluding hydrogens is 182 g/mol. The van der Waals surface area contributed by atoms with Crippen molar-refractivity contribution in [3.63, 3.8) is 0 Å². The molecule has 14 heavy (non-hydrogen) atoms. The van der Waals surface area contributed by atoms with Gasteiger partial charge in [0.15, 0.2) is 0 Å². The van der Waals surface area contributed by atoms with Crippen molar-refractivity contribution in [2.24, 2.45) is 0 Å². The Hall–Kier alpha value is -0.610. The normalized spacial score (nSPS) is 17.9. The van der Waals surface area contributed by atoms with E-state index in [4.69, 9.17) is 9.47 Å². The molecule has 0 N–H and O–H groups in total. The summed E-state index contributed by atoms with van der Waals surface area (Å²) in [5, 5.41) is 0. The first-order valence-corrected chi connectivity index (χ1v) is 5.32. The molecule has 0 saturated carbocycles. The highest BCUT2D eigenvalue weighted by atomic mass is 16.7. The Balaban J connectivity index is 2.50. The molecule has 1 aliphatic rings. The van der Waals surface area contributed by atoms with Gasteiger partial charge in [-0.25, -0.2) is 0 Å². The van der Waals surface area contributed by atoms with Crippen molar-refractivity contribution in [2.75, 3.05) is 19.8 Å². The lowest BCUT2D eigenvalue weighted by Crippen LogP contribution is -2.46. The van der Waals surface area contributed by atoms with E-state index in [9.17, 15) is 4.79 Å². The van der Waals surface area contributed by atoms with Crippen molar-refractivity contribution in [3.8, 4) is 0 Å².